The first kappa shape index (κ1) is 16.6. The second-order valence-corrected chi connectivity index (χ2v) is 8.83. The number of allylic oxidation sites excluding steroid dienone is 2. The van der Waals surface area contributed by atoms with Crippen LogP contribution in [0.2, 0.25) is 0 Å². The van der Waals surface area contributed by atoms with E-state index >= 15 is 0 Å². The maximum atomic E-state index is 4.53. The smallest absolute Gasteiger partial charge is 0.0739 e. The molecule has 136 valence electrons. The first-order valence-electron chi connectivity index (χ1n) is 9.86. The van der Waals surface area contributed by atoms with Gasteiger partial charge in [-0.15, -0.1) is 0 Å². The quantitative estimate of drug-likeness (QED) is 0.548. The second-order valence-electron chi connectivity index (χ2n) is 8.83. The van der Waals surface area contributed by atoms with Crippen LogP contribution in [0.3, 0.4) is 0 Å². The highest BCUT2D eigenvalue weighted by atomic mass is 15.3. The highest BCUT2D eigenvalue weighted by molar-refractivity contribution is 5.81. The van der Waals surface area contributed by atoms with Gasteiger partial charge in [-0.05, 0) is 68.0 Å². The lowest BCUT2D eigenvalue weighted by molar-refractivity contribution is 0.193. The molecule has 3 atom stereocenters. The fourth-order valence-electron chi connectivity index (χ4n) is 5.78. The largest absolute Gasteiger partial charge is 0.356 e. The molecule has 1 heteroatoms. The molecule has 0 saturated heterocycles. The molecular formula is C26H27N. The van der Waals surface area contributed by atoms with Gasteiger partial charge in [0.15, 0.2) is 0 Å². The molecule has 0 aromatic heterocycles. The van der Waals surface area contributed by atoms with Crippen molar-refractivity contribution >= 4 is 5.57 Å². The first-order chi connectivity index (χ1) is 12.8. The molecule has 27 heavy (non-hydrogen) atoms. The van der Waals surface area contributed by atoms with Gasteiger partial charge in [-0.1, -0.05) is 60.7 Å². The minimum Gasteiger partial charge on any atom is -0.356 e. The molecule has 0 bridgehead atoms. The highest BCUT2D eigenvalue weighted by Gasteiger charge is 2.73. The van der Waals surface area contributed by atoms with Crippen molar-refractivity contribution in [1.29, 1.82) is 0 Å². The number of aryl methyl sites for hydroxylation is 2. The molecule has 1 aliphatic carbocycles. The average molecular weight is 354 g/mol. The van der Waals surface area contributed by atoms with Gasteiger partial charge in [0, 0.05) is 17.2 Å². The average Bonchev–Trinajstić information content (AvgIpc) is 3.09. The summed E-state index contributed by atoms with van der Waals surface area (Å²) in [6.07, 6.45) is 4.85. The number of benzene rings is 2. The molecule has 1 nitrogen and oxygen atoms in total. The van der Waals surface area contributed by atoms with Gasteiger partial charge in [0.1, 0.15) is 0 Å². The Labute approximate surface area is 162 Å². The zero-order chi connectivity index (χ0) is 19.1. The maximum Gasteiger partial charge on any atom is 0.0739 e. The minimum atomic E-state index is -0.0259. The lowest BCUT2D eigenvalue weighted by atomic mass is 9.76. The van der Waals surface area contributed by atoms with E-state index < -0.39 is 0 Å². The Bertz CT molecular complexity index is 1060. The Kier molecular flexibility index (Phi) is 3.10. The van der Waals surface area contributed by atoms with Gasteiger partial charge in [0.2, 0.25) is 0 Å². The fourth-order valence-corrected chi connectivity index (χ4v) is 5.78. The van der Waals surface area contributed by atoms with Crippen LogP contribution in [-0.2, 0) is 5.41 Å². The molecule has 0 amide bonds. The highest BCUT2D eigenvalue weighted by Crippen LogP contribution is 2.71. The van der Waals surface area contributed by atoms with Gasteiger partial charge in [0.05, 0.1) is 11.6 Å². The van der Waals surface area contributed by atoms with Crippen LogP contribution in [0.1, 0.15) is 54.6 Å². The fraction of sp³-hybridized carbons (Fsp3) is 0.308. The number of rotatable bonds is 1. The molecule has 3 aliphatic rings. The SMILES string of the molecule is C=C1C2(C)c3c(C)cc(C)cc3C3C=C(C)C(c4ccccc4)=CN3C12C. The monoisotopic (exact) mass is 353 g/mol. The lowest BCUT2D eigenvalue weighted by Gasteiger charge is -2.46. The summed E-state index contributed by atoms with van der Waals surface area (Å²) in [5.41, 5.74) is 11.0. The molecule has 2 aromatic rings. The molecule has 0 spiro atoms. The Morgan fingerprint density at radius 3 is 2.41 bits per heavy atom. The van der Waals surface area contributed by atoms with E-state index in [1.54, 1.807) is 0 Å². The van der Waals surface area contributed by atoms with Crippen LogP contribution in [0.5, 0.6) is 0 Å². The van der Waals surface area contributed by atoms with E-state index in [2.05, 4.69) is 101 Å². The number of hydrogen-bond donors (Lipinski definition) is 0. The summed E-state index contributed by atoms with van der Waals surface area (Å²) in [5, 5.41) is 0. The summed E-state index contributed by atoms with van der Waals surface area (Å²) in [6, 6.07) is 15.7. The summed E-state index contributed by atoms with van der Waals surface area (Å²) in [6.45, 7) is 16.0. The van der Waals surface area contributed by atoms with Crippen LogP contribution < -0.4 is 0 Å². The van der Waals surface area contributed by atoms with Crippen molar-refractivity contribution in [2.24, 2.45) is 0 Å². The van der Waals surface area contributed by atoms with Crippen LogP contribution in [0.4, 0.5) is 0 Å². The molecular weight excluding hydrogens is 326 g/mol. The van der Waals surface area contributed by atoms with E-state index in [4.69, 9.17) is 0 Å². The van der Waals surface area contributed by atoms with Crippen LogP contribution in [0.25, 0.3) is 5.57 Å². The lowest BCUT2D eigenvalue weighted by Crippen LogP contribution is -2.45. The number of fused-ring (bicyclic) bond motifs is 6. The first-order valence-corrected chi connectivity index (χ1v) is 9.86. The molecule has 0 N–H and O–H groups in total. The van der Waals surface area contributed by atoms with Gasteiger partial charge in [-0.25, -0.2) is 0 Å². The van der Waals surface area contributed by atoms with E-state index in [-0.39, 0.29) is 17.0 Å². The summed E-state index contributed by atoms with van der Waals surface area (Å²) >= 11 is 0. The Morgan fingerprint density at radius 2 is 1.70 bits per heavy atom. The van der Waals surface area contributed by atoms with Gasteiger partial charge in [0.25, 0.3) is 0 Å². The maximum absolute atomic E-state index is 4.53. The van der Waals surface area contributed by atoms with Crippen LogP contribution in [0, 0.1) is 13.8 Å². The van der Waals surface area contributed by atoms with Crippen LogP contribution in [-0.4, -0.2) is 10.4 Å². The summed E-state index contributed by atoms with van der Waals surface area (Å²) < 4.78 is 0. The van der Waals surface area contributed by atoms with Crippen molar-refractivity contribution in [3.8, 4) is 0 Å². The number of nitrogens with zero attached hydrogens (tertiary/aromatic N) is 1. The zero-order valence-electron chi connectivity index (χ0n) is 16.9. The minimum absolute atomic E-state index is 0.0218. The number of hydrogen-bond acceptors (Lipinski definition) is 1. The molecule has 2 aliphatic heterocycles. The van der Waals surface area contributed by atoms with E-state index in [1.807, 2.05) is 0 Å². The van der Waals surface area contributed by atoms with Crippen molar-refractivity contribution < 1.29 is 0 Å². The van der Waals surface area contributed by atoms with Crippen LogP contribution in [0.15, 0.2) is 72.5 Å². The molecule has 1 fully saturated rings. The summed E-state index contributed by atoms with van der Waals surface area (Å²) in [7, 11) is 0. The Morgan fingerprint density at radius 1 is 1.00 bits per heavy atom. The normalized spacial score (nSPS) is 30.8. The topological polar surface area (TPSA) is 3.24 Å². The van der Waals surface area contributed by atoms with E-state index in [1.165, 1.54) is 44.5 Å². The van der Waals surface area contributed by atoms with Crippen molar-refractivity contribution in [2.45, 2.75) is 51.6 Å². The zero-order valence-corrected chi connectivity index (χ0v) is 16.9. The van der Waals surface area contributed by atoms with Crippen molar-refractivity contribution in [2.75, 3.05) is 0 Å². The molecule has 3 unspecified atom stereocenters. The van der Waals surface area contributed by atoms with Gasteiger partial charge >= 0.3 is 0 Å². The molecule has 2 heterocycles. The van der Waals surface area contributed by atoms with E-state index in [0.717, 1.165) is 0 Å². The predicted octanol–water partition coefficient (Wildman–Crippen LogP) is 6.25. The van der Waals surface area contributed by atoms with Crippen molar-refractivity contribution in [1.82, 2.24) is 4.90 Å². The standard InChI is InChI=1S/C26H27N/c1-16-12-18(3)24-21(13-16)23-14-17(2)22(20-10-8-7-9-11-20)15-27(23)26(6)19(4)25(24,26)5/h7-15,23H,4H2,1-3,5-6H3. The third kappa shape index (κ3) is 1.85. The Hall–Kier alpha value is -2.54. The Balaban J connectivity index is 1.76. The third-order valence-corrected chi connectivity index (χ3v) is 7.43. The van der Waals surface area contributed by atoms with Crippen LogP contribution >= 0.6 is 0 Å². The van der Waals surface area contributed by atoms with Gasteiger partial charge < -0.3 is 4.90 Å². The molecule has 2 aromatic carbocycles. The molecule has 5 rings (SSSR count). The predicted molar refractivity (Wildman–Crippen MR) is 114 cm³/mol. The molecule has 1 saturated carbocycles. The van der Waals surface area contributed by atoms with Gasteiger partial charge in [-0.2, -0.15) is 0 Å². The van der Waals surface area contributed by atoms with E-state index in [0.29, 0.717) is 0 Å². The summed E-state index contributed by atoms with van der Waals surface area (Å²) in [5.74, 6) is 0. The molecule has 0 radical (unpaired) electrons. The van der Waals surface area contributed by atoms with Gasteiger partial charge in [-0.3, -0.25) is 0 Å². The second kappa shape index (κ2) is 5.04. The van der Waals surface area contributed by atoms with E-state index in [9.17, 15) is 0 Å². The third-order valence-electron chi connectivity index (χ3n) is 7.43. The van der Waals surface area contributed by atoms with Crippen molar-refractivity contribution in [3.05, 3.63) is 100 Å². The summed E-state index contributed by atoms with van der Waals surface area (Å²) in [4.78, 5) is 2.58. The van der Waals surface area contributed by atoms with Crippen molar-refractivity contribution in [3.63, 3.8) is 0 Å².